The summed E-state index contributed by atoms with van der Waals surface area (Å²) in [7, 11) is 0. The maximum absolute atomic E-state index is 10.6. The number of carbonyl (C=O) groups is 1. The summed E-state index contributed by atoms with van der Waals surface area (Å²) in [6.07, 6.45) is 5.17. The summed E-state index contributed by atoms with van der Waals surface area (Å²) in [4.78, 5) is 12.9. The molecule has 0 amide bonds. The first-order chi connectivity index (χ1) is 5.77. The van der Waals surface area contributed by atoms with Crippen LogP contribution in [0.3, 0.4) is 0 Å². The van der Waals surface area contributed by atoms with E-state index in [2.05, 4.69) is 4.90 Å². The van der Waals surface area contributed by atoms with Crippen molar-refractivity contribution in [2.45, 2.75) is 25.3 Å². The minimum Gasteiger partial charge on any atom is -0.478 e. The van der Waals surface area contributed by atoms with Gasteiger partial charge in [0.05, 0.1) is 0 Å². The molecule has 1 N–H and O–H groups in total. The van der Waals surface area contributed by atoms with Crippen molar-refractivity contribution in [1.82, 2.24) is 4.90 Å². The maximum Gasteiger partial charge on any atom is 0.331 e. The Hall–Kier alpha value is -0.830. The minimum absolute atomic E-state index is 0.590. The highest BCUT2D eigenvalue weighted by Gasteiger charge is 2.30. The van der Waals surface area contributed by atoms with Crippen LogP contribution in [0.1, 0.15) is 19.3 Å². The van der Waals surface area contributed by atoms with E-state index in [0.29, 0.717) is 12.0 Å². The van der Waals surface area contributed by atoms with E-state index in [1.54, 1.807) is 0 Å². The highest BCUT2D eigenvalue weighted by atomic mass is 16.4. The third-order valence-corrected chi connectivity index (χ3v) is 2.58. The lowest BCUT2D eigenvalue weighted by Crippen LogP contribution is -2.31. The van der Waals surface area contributed by atoms with Crippen molar-refractivity contribution >= 4 is 5.97 Å². The molecule has 1 aliphatic heterocycles. The summed E-state index contributed by atoms with van der Waals surface area (Å²) in [5.74, 6) is -0.745. The van der Waals surface area contributed by atoms with Crippen molar-refractivity contribution in [1.29, 1.82) is 0 Å². The Kier molecular flexibility index (Phi) is 1.89. The molecule has 0 radical (unpaired) electrons. The Morgan fingerprint density at radius 3 is 2.75 bits per heavy atom. The van der Waals surface area contributed by atoms with Gasteiger partial charge in [0, 0.05) is 24.7 Å². The molecule has 0 aromatic rings. The molecule has 3 nitrogen and oxygen atoms in total. The van der Waals surface area contributed by atoms with Gasteiger partial charge in [-0.3, -0.25) is 4.90 Å². The Balaban J connectivity index is 1.94. The van der Waals surface area contributed by atoms with Crippen LogP contribution in [0.15, 0.2) is 11.6 Å². The molecule has 0 aromatic heterocycles. The second-order valence-corrected chi connectivity index (χ2v) is 3.51. The smallest absolute Gasteiger partial charge is 0.331 e. The summed E-state index contributed by atoms with van der Waals surface area (Å²) >= 11 is 0. The van der Waals surface area contributed by atoms with Crippen molar-refractivity contribution < 1.29 is 9.90 Å². The van der Waals surface area contributed by atoms with E-state index in [-0.39, 0.29) is 0 Å². The van der Waals surface area contributed by atoms with Crippen molar-refractivity contribution in [3.63, 3.8) is 0 Å². The lowest BCUT2D eigenvalue weighted by molar-refractivity contribution is -0.133. The van der Waals surface area contributed by atoms with E-state index in [0.717, 1.165) is 19.1 Å². The van der Waals surface area contributed by atoms with Crippen LogP contribution in [0.5, 0.6) is 0 Å². The van der Waals surface area contributed by atoms with E-state index < -0.39 is 5.97 Å². The zero-order chi connectivity index (χ0) is 8.55. The average Bonchev–Trinajstić information content (AvgIpc) is 2.87. The van der Waals surface area contributed by atoms with Gasteiger partial charge in [-0.2, -0.15) is 0 Å². The van der Waals surface area contributed by atoms with E-state index in [9.17, 15) is 4.79 Å². The Morgan fingerprint density at radius 2 is 2.33 bits per heavy atom. The number of carboxylic acid groups (broad SMARTS) is 1. The van der Waals surface area contributed by atoms with Crippen molar-refractivity contribution in [2.75, 3.05) is 13.1 Å². The Bertz CT molecular complexity index is 231. The van der Waals surface area contributed by atoms with Crippen molar-refractivity contribution in [3.05, 3.63) is 11.6 Å². The molecule has 2 aliphatic rings. The average molecular weight is 167 g/mol. The molecular weight excluding hydrogens is 154 g/mol. The molecule has 2 rings (SSSR count). The normalized spacial score (nSPS) is 25.2. The van der Waals surface area contributed by atoms with Gasteiger partial charge in [-0.15, -0.1) is 0 Å². The maximum atomic E-state index is 10.6. The van der Waals surface area contributed by atoms with Crippen LogP contribution in [0.4, 0.5) is 0 Å². The quantitative estimate of drug-likeness (QED) is 0.663. The van der Waals surface area contributed by atoms with Gasteiger partial charge in [-0.05, 0) is 19.3 Å². The number of hydrogen-bond donors (Lipinski definition) is 1. The number of aliphatic carboxylic acids is 1. The molecule has 66 valence electrons. The van der Waals surface area contributed by atoms with Crippen LogP contribution < -0.4 is 0 Å². The molecule has 0 unspecified atom stereocenters. The molecule has 1 aliphatic carbocycles. The number of carboxylic acids is 1. The zero-order valence-corrected chi connectivity index (χ0v) is 6.99. The Labute approximate surface area is 71.7 Å². The van der Waals surface area contributed by atoms with Gasteiger partial charge in [0.2, 0.25) is 0 Å². The van der Waals surface area contributed by atoms with E-state index in [1.807, 2.05) is 6.08 Å². The van der Waals surface area contributed by atoms with Crippen LogP contribution >= 0.6 is 0 Å². The number of rotatable bonds is 2. The van der Waals surface area contributed by atoms with Gasteiger partial charge in [0.15, 0.2) is 0 Å². The zero-order valence-electron chi connectivity index (χ0n) is 6.99. The number of hydrogen-bond acceptors (Lipinski definition) is 2. The molecule has 0 saturated heterocycles. The summed E-state index contributed by atoms with van der Waals surface area (Å²) in [5, 5.41) is 8.69. The molecule has 0 spiro atoms. The highest BCUT2D eigenvalue weighted by Crippen LogP contribution is 2.28. The fraction of sp³-hybridized carbons (Fsp3) is 0.667. The minimum atomic E-state index is -0.745. The first-order valence-corrected chi connectivity index (χ1v) is 4.44. The molecule has 0 atom stereocenters. The lowest BCUT2D eigenvalue weighted by Gasteiger charge is -2.24. The summed E-state index contributed by atoms with van der Waals surface area (Å²) < 4.78 is 0. The van der Waals surface area contributed by atoms with E-state index in [1.165, 1.54) is 12.8 Å². The second kappa shape index (κ2) is 2.90. The fourth-order valence-electron chi connectivity index (χ4n) is 1.65. The highest BCUT2D eigenvalue weighted by molar-refractivity contribution is 5.86. The van der Waals surface area contributed by atoms with E-state index >= 15 is 0 Å². The summed E-state index contributed by atoms with van der Waals surface area (Å²) in [6, 6.07) is 0.761. The van der Waals surface area contributed by atoms with Gasteiger partial charge in [-0.1, -0.05) is 6.08 Å². The molecule has 0 bridgehead atoms. The monoisotopic (exact) mass is 167 g/mol. The SMILES string of the molecule is O=C(O)C1=CCN(C2CC2)CC1. The van der Waals surface area contributed by atoms with Gasteiger partial charge in [0.1, 0.15) is 0 Å². The molecule has 0 aromatic carbocycles. The molecule has 1 saturated carbocycles. The predicted molar refractivity (Wildman–Crippen MR) is 44.9 cm³/mol. The van der Waals surface area contributed by atoms with Crippen LogP contribution in [0.2, 0.25) is 0 Å². The molecule has 1 fully saturated rings. The van der Waals surface area contributed by atoms with Crippen molar-refractivity contribution in [2.24, 2.45) is 0 Å². The van der Waals surface area contributed by atoms with Crippen LogP contribution in [-0.2, 0) is 4.79 Å². The van der Waals surface area contributed by atoms with Gasteiger partial charge < -0.3 is 5.11 Å². The third kappa shape index (κ3) is 1.50. The van der Waals surface area contributed by atoms with Crippen LogP contribution in [-0.4, -0.2) is 35.1 Å². The fourth-order valence-corrected chi connectivity index (χ4v) is 1.65. The van der Waals surface area contributed by atoms with E-state index in [4.69, 9.17) is 5.11 Å². The van der Waals surface area contributed by atoms with Crippen LogP contribution in [0, 0.1) is 0 Å². The van der Waals surface area contributed by atoms with Crippen molar-refractivity contribution in [3.8, 4) is 0 Å². The summed E-state index contributed by atoms with van der Waals surface area (Å²) in [6.45, 7) is 1.77. The summed E-state index contributed by atoms with van der Waals surface area (Å²) in [5.41, 5.74) is 0.590. The van der Waals surface area contributed by atoms with Gasteiger partial charge in [-0.25, -0.2) is 4.79 Å². The lowest BCUT2D eigenvalue weighted by atomic mass is 10.1. The molecule has 1 heterocycles. The molecule has 3 heteroatoms. The van der Waals surface area contributed by atoms with Crippen LogP contribution in [0.25, 0.3) is 0 Å². The number of nitrogens with zero attached hydrogens (tertiary/aromatic N) is 1. The molecular formula is C9H13NO2. The topological polar surface area (TPSA) is 40.5 Å². The third-order valence-electron chi connectivity index (χ3n) is 2.58. The predicted octanol–water partition coefficient (Wildman–Crippen LogP) is 0.865. The standard InChI is InChI=1S/C9H13NO2/c11-9(12)7-3-5-10(6-4-7)8-1-2-8/h3,8H,1-2,4-6H2,(H,11,12). The second-order valence-electron chi connectivity index (χ2n) is 3.51. The molecule has 12 heavy (non-hydrogen) atoms. The first kappa shape index (κ1) is 7.80. The largest absolute Gasteiger partial charge is 0.478 e. The van der Waals surface area contributed by atoms with Gasteiger partial charge >= 0.3 is 5.97 Å². The first-order valence-electron chi connectivity index (χ1n) is 4.44. The van der Waals surface area contributed by atoms with Gasteiger partial charge in [0.25, 0.3) is 0 Å². The Morgan fingerprint density at radius 1 is 1.58 bits per heavy atom.